The van der Waals surface area contributed by atoms with Gasteiger partial charge in [0.1, 0.15) is 0 Å². The summed E-state index contributed by atoms with van der Waals surface area (Å²) in [5, 5.41) is 0. The number of aromatic nitrogens is 1. The highest BCUT2D eigenvalue weighted by Crippen LogP contribution is 2.09. The number of hydrogen-bond donors (Lipinski definition) is 0. The lowest BCUT2D eigenvalue weighted by molar-refractivity contribution is 0.581. The van der Waals surface area contributed by atoms with Crippen LogP contribution in [-0.4, -0.2) is 13.1 Å². The number of nitrogens with zero attached hydrogens (tertiary/aromatic N) is 1. The van der Waals surface area contributed by atoms with Gasteiger partial charge in [-0.25, -0.2) is 4.98 Å². The number of pyridine rings is 1. The summed E-state index contributed by atoms with van der Waals surface area (Å²) >= 11 is 0. The van der Waals surface area contributed by atoms with Gasteiger partial charge in [-0.3, -0.25) is 0 Å². The molecule has 1 heterocycles. The maximum absolute atomic E-state index is 13.0. The molecule has 0 aliphatic carbocycles. The fraction of sp³-hybridized carbons (Fsp3) is 0.300. The highest BCUT2D eigenvalue weighted by Gasteiger charge is 2.07. The van der Waals surface area contributed by atoms with Crippen molar-refractivity contribution in [3.63, 3.8) is 0 Å². The molecule has 0 saturated heterocycles. The summed E-state index contributed by atoms with van der Waals surface area (Å²) in [7, 11) is -1.24. The minimum absolute atomic E-state index is 0.392. The molecule has 70 valence electrons. The third-order valence-corrected chi connectivity index (χ3v) is 2.72. The largest absolute Gasteiger partial charge is 0.228 e. The van der Waals surface area contributed by atoms with Crippen LogP contribution in [0.1, 0.15) is 5.56 Å². The molecule has 0 radical (unpaired) electrons. The summed E-state index contributed by atoms with van der Waals surface area (Å²) < 4.78 is 13.0. The molecule has 1 rings (SSSR count). The van der Waals surface area contributed by atoms with Crippen LogP contribution in [0.4, 0.5) is 4.39 Å². The Morgan fingerprint density at radius 1 is 1.38 bits per heavy atom. The molecule has 0 aliphatic heterocycles. The van der Waals surface area contributed by atoms with Gasteiger partial charge in [0.2, 0.25) is 5.95 Å². The molecular formula is C10H14FNSi. The van der Waals surface area contributed by atoms with E-state index in [0.717, 1.165) is 0 Å². The molecule has 0 unspecified atom stereocenters. The lowest BCUT2D eigenvalue weighted by Gasteiger charge is -2.07. The second kappa shape index (κ2) is 3.83. The van der Waals surface area contributed by atoms with Gasteiger partial charge < -0.3 is 0 Å². The van der Waals surface area contributed by atoms with Crippen LogP contribution < -0.4 is 0 Å². The van der Waals surface area contributed by atoms with E-state index >= 15 is 0 Å². The lowest BCUT2D eigenvalue weighted by atomic mass is 10.3. The van der Waals surface area contributed by atoms with Gasteiger partial charge >= 0.3 is 0 Å². The van der Waals surface area contributed by atoms with Gasteiger partial charge in [0, 0.05) is 11.8 Å². The molecule has 1 aromatic heterocycles. The molecule has 0 aliphatic rings. The summed E-state index contributed by atoms with van der Waals surface area (Å²) in [6.07, 6.45) is 3.29. The van der Waals surface area contributed by atoms with Crippen molar-refractivity contribution in [2.45, 2.75) is 19.6 Å². The molecule has 1 aromatic rings. The van der Waals surface area contributed by atoms with Crippen molar-refractivity contribution in [3.05, 3.63) is 35.5 Å². The van der Waals surface area contributed by atoms with E-state index in [4.69, 9.17) is 0 Å². The second-order valence-corrected chi connectivity index (χ2v) is 9.15. The zero-order chi connectivity index (χ0) is 9.90. The molecule has 0 spiro atoms. The summed E-state index contributed by atoms with van der Waals surface area (Å²) in [5.74, 6) is -0.392. The van der Waals surface area contributed by atoms with E-state index in [1.807, 2.05) is 6.08 Å². The summed E-state index contributed by atoms with van der Waals surface area (Å²) in [4.78, 5) is 3.58. The van der Waals surface area contributed by atoms with Gasteiger partial charge in [-0.05, 0) is 12.1 Å². The van der Waals surface area contributed by atoms with Crippen molar-refractivity contribution in [3.8, 4) is 0 Å². The van der Waals surface area contributed by atoms with Crippen molar-refractivity contribution in [1.29, 1.82) is 0 Å². The van der Waals surface area contributed by atoms with Crippen molar-refractivity contribution in [2.75, 3.05) is 0 Å². The Morgan fingerprint density at radius 3 is 2.62 bits per heavy atom. The van der Waals surface area contributed by atoms with E-state index in [1.165, 1.54) is 6.20 Å². The lowest BCUT2D eigenvalue weighted by Crippen LogP contribution is -2.15. The molecular weight excluding hydrogens is 181 g/mol. The molecule has 1 nitrogen and oxygen atoms in total. The molecule has 3 heteroatoms. The van der Waals surface area contributed by atoms with E-state index < -0.39 is 14.0 Å². The van der Waals surface area contributed by atoms with Gasteiger partial charge in [-0.1, -0.05) is 31.4 Å². The minimum atomic E-state index is -1.24. The van der Waals surface area contributed by atoms with Crippen LogP contribution in [0.2, 0.25) is 19.6 Å². The van der Waals surface area contributed by atoms with Crippen LogP contribution in [0.3, 0.4) is 0 Å². The third kappa shape index (κ3) is 3.50. The molecule has 0 fully saturated rings. The smallest absolute Gasteiger partial charge is 0.220 e. The first-order chi connectivity index (χ1) is 5.99. The monoisotopic (exact) mass is 195 g/mol. The van der Waals surface area contributed by atoms with Gasteiger partial charge in [0.05, 0.1) is 8.07 Å². The summed E-state index contributed by atoms with van der Waals surface area (Å²) in [6, 6.07) is 3.48. The first kappa shape index (κ1) is 10.1. The van der Waals surface area contributed by atoms with Crippen molar-refractivity contribution in [1.82, 2.24) is 4.98 Å². The number of halogens is 1. The SMILES string of the molecule is C[Si](C)(C)/C=C/c1cccnc1F. The highest BCUT2D eigenvalue weighted by atomic mass is 28.3. The van der Waals surface area contributed by atoms with Gasteiger partial charge in [-0.15, -0.1) is 0 Å². The molecule has 0 saturated carbocycles. The fourth-order valence-corrected chi connectivity index (χ4v) is 1.54. The third-order valence-electron chi connectivity index (χ3n) is 1.55. The van der Waals surface area contributed by atoms with Crippen LogP contribution >= 0.6 is 0 Å². The fourth-order valence-electron chi connectivity index (χ4n) is 0.863. The van der Waals surface area contributed by atoms with E-state index in [0.29, 0.717) is 5.56 Å². The second-order valence-electron chi connectivity index (χ2n) is 4.08. The molecule has 0 aromatic carbocycles. The van der Waals surface area contributed by atoms with E-state index in [2.05, 4.69) is 30.3 Å². The number of hydrogen-bond acceptors (Lipinski definition) is 1. The minimum Gasteiger partial charge on any atom is -0.228 e. The van der Waals surface area contributed by atoms with E-state index in [9.17, 15) is 4.39 Å². The molecule has 0 N–H and O–H groups in total. The Labute approximate surface area is 79.3 Å². The quantitative estimate of drug-likeness (QED) is 0.522. The van der Waals surface area contributed by atoms with Crippen LogP contribution in [-0.2, 0) is 0 Å². The molecule has 0 atom stereocenters. The number of rotatable bonds is 2. The zero-order valence-corrected chi connectivity index (χ0v) is 9.21. The molecule has 0 bridgehead atoms. The highest BCUT2D eigenvalue weighted by molar-refractivity contribution is 6.81. The zero-order valence-electron chi connectivity index (χ0n) is 8.21. The topological polar surface area (TPSA) is 12.9 Å². The van der Waals surface area contributed by atoms with Crippen molar-refractivity contribution < 1.29 is 4.39 Å². The molecule has 0 amide bonds. The van der Waals surface area contributed by atoms with Crippen molar-refractivity contribution in [2.24, 2.45) is 0 Å². The Morgan fingerprint density at radius 2 is 2.08 bits per heavy atom. The van der Waals surface area contributed by atoms with E-state index in [1.54, 1.807) is 12.1 Å². The summed E-state index contributed by atoms with van der Waals surface area (Å²) in [5.41, 5.74) is 2.68. The average molecular weight is 195 g/mol. The van der Waals surface area contributed by atoms with Crippen LogP contribution in [0, 0.1) is 5.95 Å². The van der Waals surface area contributed by atoms with Gasteiger partial charge in [-0.2, -0.15) is 4.39 Å². The standard InChI is InChI=1S/C10H14FNSi/c1-13(2,3)8-6-9-5-4-7-12-10(9)11/h4-8H,1-3H3/b8-6+. The first-order valence-corrected chi connectivity index (χ1v) is 7.86. The predicted octanol–water partition coefficient (Wildman–Crippen LogP) is 3.11. The van der Waals surface area contributed by atoms with Gasteiger partial charge in [0.25, 0.3) is 0 Å². The van der Waals surface area contributed by atoms with Crippen LogP contribution in [0.25, 0.3) is 6.08 Å². The average Bonchev–Trinajstić information content (AvgIpc) is 2.01. The maximum atomic E-state index is 13.0. The van der Waals surface area contributed by atoms with Crippen molar-refractivity contribution >= 4 is 14.1 Å². The van der Waals surface area contributed by atoms with E-state index in [-0.39, 0.29) is 0 Å². The predicted molar refractivity (Wildman–Crippen MR) is 56.6 cm³/mol. The Kier molecular flexibility index (Phi) is 2.98. The van der Waals surface area contributed by atoms with Crippen LogP contribution in [0.15, 0.2) is 24.0 Å². The Hall–Kier alpha value is -0.963. The Bertz CT molecular complexity index is 315. The first-order valence-electron chi connectivity index (χ1n) is 4.29. The van der Waals surface area contributed by atoms with Gasteiger partial charge in [0.15, 0.2) is 0 Å². The normalized spacial score (nSPS) is 12.3. The summed E-state index contributed by atoms with van der Waals surface area (Å²) in [6.45, 7) is 6.62. The maximum Gasteiger partial charge on any atom is 0.220 e. The van der Waals surface area contributed by atoms with Crippen LogP contribution in [0.5, 0.6) is 0 Å². The molecule has 13 heavy (non-hydrogen) atoms. The Balaban J connectivity index is 2.86.